The molecule has 0 radical (unpaired) electrons. The Kier molecular flexibility index (Phi) is 6.00. The lowest BCUT2D eigenvalue weighted by atomic mass is 10.2. The fourth-order valence-corrected chi connectivity index (χ4v) is 3.64. The molecule has 0 spiro atoms. The molecule has 4 nitrogen and oxygen atoms in total. The van der Waals surface area contributed by atoms with Crippen molar-refractivity contribution in [3.8, 4) is 0 Å². The van der Waals surface area contributed by atoms with Crippen LogP contribution in [0.15, 0.2) is 53.4 Å². The molecule has 0 unspecified atom stereocenters. The van der Waals surface area contributed by atoms with Crippen molar-refractivity contribution >= 4 is 46.6 Å². The summed E-state index contributed by atoms with van der Waals surface area (Å²) in [5, 5.41) is 3.60. The maximum absolute atomic E-state index is 12.0. The van der Waals surface area contributed by atoms with Crippen molar-refractivity contribution in [1.82, 2.24) is 0 Å². The number of carbonyl (C=O) groups is 2. The van der Waals surface area contributed by atoms with Crippen LogP contribution in [0.5, 0.6) is 0 Å². The van der Waals surface area contributed by atoms with Crippen LogP contribution in [0, 0.1) is 0 Å². The van der Waals surface area contributed by atoms with Gasteiger partial charge < -0.3 is 10.2 Å². The minimum atomic E-state index is -0.0218. The van der Waals surface area contributed by atoms with Gasteiger partial charge in [-0.05, 0) is 55.0 Å². The van der Waals surface area contributed by atoms with Crippen molar-refractivity contribution in [2.45, 2.75) is 24.2 Å². The summed E-state index contributed by atoms with van der Waals surface area (Å²) in [6, 6.07) is 15.0. The van der Waals surface area contributed by atoms with Crippen LogP contribution in [-0.4, -0.2) is 24.1 Å². The summed E-state index contributed by atoms with van der Waals surface area (Å²) in [5.41, 5.74) is 1.63. The van der Waals surface area contributed by atoms with Crippen LogP contribution in [0.4, 0.5) is 11.4 Å². The molecule has 0 aliphatic carbocycles. The second-order valence-electron chi connectivity index (χ2n) is 5.80. The number of nitrogens with zero attached hydrogens (tertiary/aromatic N) is 1. The normalized spacial score (nSPS) is 14.0. The number of halogens is 1. The van der Waals surface area contributed by atoms with E-state index in [2.05, 4.69) is 5.32 Å². The summed E-state index contributed by atoms with van der Waals surface area (Å²) in [4.78, 5) is 26.7. The first-order valence-corrected chi connectivity index (χ1v) is 9.57. The standard InChI is InChI=1S/C19H19ClN2O2S/c20-14-3-9-17(10-4-14)25-13-11-18(23)21-15-5-7-16(8-6-15)22-12-1-2-19(22)24/h3-10H,1-2,11-13H2,(H,21,23). The van der Waals surface area contributed by atoms with Gasteiger partial charge in [0.15, 0.2) is 0 Å². The van der Waals surface area contributed by atoms with Gasteiger partial charge in [-0.25, -0.2) is 0 Å². The monoisotopic (exact) mass is 374 g/mol. The van der Waals surface area contributed by atoms with Crippen molar-refractivity contribution in [2.24, 2.45) is 0 Å². The van der Waals surface area contributed by atoms with Gasteiger partial charge in [0.25, 0.3) is 0 Å². The third-order valence-electron chi connectivity index (χ3n) is 3.95. The fourth-order valence-electron chi connectivity index (χ4n) is 2.66. The Bertz CT molecular complexity index is 747. The lowest BCUT2D eigenvalue weighted by Gasteiger charge is -2.16. The Morgan fingerprint density at radius 2 is 1.84 bits per heavy atom. The van der Waals surface area contributed by atoms with E-state index < -0.39 is 0 Å². The predicted molar refractivity (Wildman–Crippen MR) is 103 cm³/mol. The SMILES string of the molecule is O=C(CCSc1ccc(Cl)cc1)Nc1ccc(N2CCCC2=O)cc1. The predicted octanol–water partition coefficient (Wildman–Crippen LogP) is 4.59. The lowest BCUT2D eigenvalue weighted by Crippen LogP contribution is -2.23. The zero-order valence-corrected chi connectivity index (χ0v) is 15.3. The number of carbonyl (C=O) groups excluding carboxylic acids is 2. The first-order valence-electron chi connectivity index (χ1n) is 8.20. The van der Waals surface area contributed by atoms with E-state index >= 15 is 0 Å². The van der Waals surface area contributed by atoms with Gasteiger partial charge in [-0.1, -0.05) is 11.6 Å². The van der Waals surface area contributed by atoms with E-state index in [1.165, 1.54) is 0 Å². The molecule has 0 aromatic heterocycles. The number of nitrogens with one attached hydrogen (secondary N) is 1. The summed E-state index contributed by atoms with van der Waals surface area (Å²) in [6.45, 7) is 0.770. The van der Waals surface area contributed by atoms with Gasteiger partial charge in [0, 0.05) is 46.4 Å². The molecule has 130 valence electrons. The topological polar surface area (TPSA) is 49.4 Å². The molecule has 0 bridgehead atoms. The molecular weight excluding hydrogens is 356 g/mol. The largest absolute Gasteiger partial charge is 0.326 e. The third kappa shape index (κ3) is 5.00. The summed E-state index contributed by atoms with van der Waals surface area (Å²) in [7, 11) is 0. The zero-order valence-electron chi connectivity index (χ0n) is 13.7. The van der Waals surface area contributed by atoms with Crippen LogP contribution in [0.3, 0.4) is 0 Å². The van der Waals surface area contributed by atoms with Gasteiger partial charge in [0.2, 0.25) is 11.8 Å². The quantitative estimate of drug-likeness (QED) is 0.752. The molecule has 2 aromatic rings. The minimum absolute atomic E-state index is 0.0218. The van der Waals surface area contributed by atoms with Crippen LogP contribution in [-0.2, 0) is 9.59 Å². The highest BCUT2D eigenvalue weighted by molar-refractivity contribution is 7.99. The average molecular weight is 375 g/mol. The fraction of sp³-hybridized carbons (Fsp3) is 0.263. The van der Waals surface area contributed by atoms with Crippen LogP contribution in [0.2, 0.25) is 5.02 Å². The summed E-state index contributed by atoms with van der Waals surface area (Å²) in [6.07, 6.45) is 1.95. The van der Waals surface area contributed by atoms with Crippen molar-refractivity contribution < 1.29 is 9.59 Å². The average Bonchev–Trinajstić information content (AvgIpc) is 3.03. The lowest BCUT2D eigenvalue weighted by molar-refractivity contribution is -0.117. The molecule has 25 heavy (non-hydrogen) atoms. The van der Waals surface area contributed by atoms with Crippen molar-refractivity contribution in [1.29, 1.82) is 0 Å². The van der Waals surface area contributed by atoms with Crippen molar-refractivity contribution in [3.63, 3.8) is 0 Å². The molecule has 3 rings (SSSR count). The number of rotatable bonds is 6. The summed E-state index contributed by atoms with van der Waals surface area (Å²) in [5.74, 6) is 0.843. The maximum Gasteiger partial charge on any atom is 0.227 e. The second kappa shape index (κ2) is 8.41. The van der Waals surface area contributed by atoms with E-state index in [1.54, 1.807) is 16.7 Å². The van der Waals surface area contributed by atoms with E-state index in [-0.39, 0.29) is 11.8 Å². The van der Waals surface area contributed by atoms with E-state index in [9.17, 15) is 9.59 Å². The van der Waals surface area contributed by atoms with Gasteiger partial charge in [0.1, 0.15) is 0 Å². The molecule has 0 atom stereocenters. The highest BCUT2D eigenvalue weighted by atomic mass is 35.5. The molecule has 0 saturated carbocycles. The molecule has 2 aromatic carbocycles. The van der Waals surface area contributed by atoms with E-state index in [0.717, 1.165) is 29.2 Å². The van der Waals surface area contributed by atoms with Crippen molar-refractivity contribution in [3.05, 3.63) is 53.6 Å². The second-order valence-corrected chi connectivity index (χ2v) is 7.40. The van der Waals surface area contributed by atoms with Crippen molar-refractivity contribution in [2.75, 3.05) is 22.5 Å². The van der Waals surface area contributed by atoms with Crippen LogP contribution in [0.1, 0.15) is 19.3 Å². The van der Waals surface area contributed by atoms with Gasteiger partial charge in [-0.15, -0.1) is 11.8 Å². The van der Waals surface area contributed by atoms with Gasteiger partial charge in [0.05, 0.1) is 0 Å². The molecule has 2 amide bonds. The number of anilines is 2. The number of benzene rings is 2. The molecule has 1 aliphatic rings. The number of hydrogen-bond acceptors (Lipinski definition) is 3. The van der Waals surface area contributed by atoms with Crippen LogP contribution >= 0.6 is 23.4 Å². The van der Waals surface area contributed by atoms with E-state index in [4.69, 9.17) is 11.6 Å². The Hall–Kier alpha value is -1.98. The molecule has 1 fully saturated rings. The van der Waals surface area contributed by atoms with E-state index in [1.807, 2.05) is 48.5 Å². The molecule has 6 heteroatoms. The molecule has 1 saturated heterocycles. The number of amides is 2. The Morgan fingerprint density at radius 1 is 1.12 bits per heavy atom. The summed E-state index contributed by atoms with van der Waals surface area (Å²) < 4.78 is 0. The number of thioether (sulfide) groups is 1. The smallest absolute Gasteiger partial charge is 0.227 e. The van der Waals surface area contributed by atoms with Gasteiger partial charge in [-0.2, -0.15) is 0 Å². The number of hydrogen-bond donors (Lipinski definition) is 1. The molecule has 1 aliphatic heterocycles. The zero-order chi connectivity index (χ0) is 17.6. The Balaban J connectivity index is 1.46. The maximum atomic E-state index is 12.0. The first kappa shape index (κ1) is 17.8. The highest BCUT2D eigenvalue weighted by Gasteiger charge is 2.21. The molecular formula is C19H19ClN2O2S. The van der Waals surface area contributed by atoms with Crippen LogP contribution < -0.4 is 10.2 Å². The summed E-state index contributed by atoms with van der Waals surface area (Å²) >= 11 is 7.48. The Morgan fingerprint density at radius 3 is 2.48 bits per heavy atom. The van der Waals surface area contributed by atoms with Gasteiger partial charge in [-0.3, -0.25) is 9.59 Å². The van der Waals surface area contributed by atoms with Crippen LogP contribution in [0.25, 0.3) is 0 Å². The molecule has 1 N–H and O–H groups in total. The third-order valence-corrected chi connectivity index (χ3v) is 5.21. The highest BCUT2D eigenvalue weighted by Crippen LogP contribution is 2.24. The first-order chi connectivity index (χ1) is 12.1. The Labute approximate surface area is 156 Å². The minimum Gasteiger partial charge on any atom is -0.326 e. The van der Waals surface area contributed by atoms with E-state index in [0.29, 0.717) is 23.6 Å². The molecule has 1 heterocycles. The van der Waals surface area contributed by atoms with Gasteiger partial charge >= 0.3 is 0 Å².